The van der Waals surface area contributed by atoms with Crippen LogP contribution in [0.15, 0.2) is 80.5 Å². The van der Waals surface area contributed by atoms with Crippen LogP contribution in [0.25, 0.3) is 11.8 Å². The molecule has 1 aliphatic heterocycles. The molecule has 4 aromatic rings. The highest BCUT2D eigenvalue weighted by Crippen LogP contribution is 2.39. The van der Waals surface area contributed by atoms with Crippen molar-refractivity contribution >= 4 is 45.0 Å². The predicted octanol–water partition coefficient (Wildman–Crippen LogP) is 4.43. The Morgan fingerprint density at radius 3 is 2.40 bits per heavy atom. The number of hydrogen-bond donors (Lipinski definition) is 1. The minimum atomic E-state index is -0.876. The lowest BCUT2D eigenvalue weighted by Crippen LogP contribution is -2.40. The average molecular weight is 652 g/mol. The van der Waals surface area contributed by atoms with Gasteiger partial charge in [-0.15, -0.1) is 0 Å². The smallest absolute Gasteiger partial charge is 0.338 e. The molecule has 3 aromatic carbocycles. The molecule has 0 saturated heterocycles. The molecule has 0 saturated carbocycles. The van der Waals surface area contributed by atoms with Crippen molar-refractivity contribution in [3.63, 3.8) is 0 Å². The average Bonchev–Trinajstić information content (AvgIpc) is 3.32. The summed E-state index contributed by atoms with van der Waals surface area (Å²) in [7, 11) is 4.51. The van der Waals surface area contributed by atoms with Crippen molar-refractivity contribution in [2.24, 2.45) is 4.99 Å². The summed E-state index contributed by atoms with van der Waals surface area (Å²) >= 11 is 4.52. The Morgan fingerprint density at radius 2 is 1.74 bits per heavy atom. The number of methoxy groups -OCH3 is 3. The lowest BCUT2D eigenvalue weighted by atomic mass is 9.93. The summed E-state index contributed by atoms with van der Waals surface area (Å²) in [6.07, 6.45) is 1.69. The predicted molar refractivity (Wildman–Crippen MR) is 163 cm³/mol. The third-order valence-electron chi connectivity index (χ3n) is 6.67. The number of thiazole rings is 1. The summed E-state index contributed by atoms with van der Waals surface area (Å²) in [5, 5.41) is 10.2. The van der Waals surface area contributed by atoms with E-state index in [9.17, 15) is 14.7 Å². The van der Waals surface area contributed by atoms with Gasteiger partial charge < -0.3 is 24.1 Å². The number of phenols is 1. The van der Waals surface area contributed by atoms with Gasteiger partial charge in [0.05, 0.1) is 54.3 Å². The number of phenolic OH excluding ortho intramolecular Hbond substituents is 1. The summed E-state index contributed by atoms with van der Waals surface area (Å²) in [5.41, 5.74) is 2.23. The number of aromatic hydroxyl groups is 1. The van der Waals surface area contributed by atoms with Crippen LogP contribution in [0.1, 0.15) is 29.7 Å². The van der Waals surface area contributed by atoms with Crippen molar-refractivity contribution in [1.82, 2.24) is 4.57 Å². The van der Waals surface area contributed by atoms with Crippen LogP contribution < -0.4 is 29.1 Å². The monoisotopic (exact) mass is 650 g/mol. The second-order valence-corrected chi connectivity index (χ2v) is 11.0. The molecule has 1 atom stereocenters. The van der Waals surface area contributed by atoms with E-state index in [2.05, 4.69) is 15.9 Å². The summed E-state index contributed by atoms with van der Waals surface area (Å²) < 4.78 is 24.1. The molecular weight excluding hydrogens is 624 g/mol. The van der Waals surface area contributed by atoms with Crippen LogP contribution in [0, 0.1) is 0 Å². The van der Waals surface area contributed by atoms with E-state index in [1.807, 2.05) is 30.3 Å². The molecular formula is C31H27BrN2O7S. The molecule has 0 spiro atoms. The number of fused-ring (bicyclic) bond motifs is 1. The van der Waals surface area contributed by atoms with Gasteiger partial charge in [-0.25, -0.2) is 9.79 Å². The van der Waals surface area contributed by atoms with Crippen LogP contribution in [-0.2, 0) is 9.53 Å². The van der Waals surface area contributed by atoms with E-state index in [-0.39, 0.29) is 29.2 Å². The van der Waals surface area contributed by atoms with Crippen LogP contribution in [0.5, 0.6) is 23.0 Å². The molecule has 1 aliphatic rings. The SMILES string of the molecule is CCOC(=O)C1=C(c2ccccc2)N=c2s/c(=C\c3cc(Br)c(O)c(OC)c3)c(=O)n2[C@@H]1c1ccc(OC)c(OC)c1. The van der Waals surface area contributed by atoms with Crippen molar-refractivity contribution in [2.75, 3.05) is 27.9 Å². The maximum Gasteiger partial charge on any atom is 0.338 e. The normalized spacial score (nSPS) is 14.7. The molecule has 1 aromatic heterocycles. The van der Waals surface area contributed by atoms with Gasteiger partial charge in [0.2, 0.25) is 0 Å². The quantitative estimate of drug-likeness (QED) is 0.281. The zero-order valence-corrected chi connectivity index (χ0v) is 25.6. The van der Waals surface area contributed by atoms with E-state index < -0.39 is 12.0 Å². The number of halogens is 1. The fraction of sp³-hybridized carbons (Fsp3) is 0.194. The first kappa shape index (κ1) is 29.2. The Kier molecular flexibility index (Phi) is 8.51. The molecule has 1 N–H and O–H groups in total. The van der Waals surface area contributed by atoms with Gasteiger partial charge in [0.1, 0.15) is 0 Å². The maximum absolute atomic E-state index is 14.1. The van der Waals surface area contributed by atoms with Crippen LogP contribution in [-0.4, -0.2) is 43.6 Å². The molecule has 216 valence electrons. The highest BCUT2D eigenvalue weighted by atomic mass is 79.9. The number of rotatable bonds is 8. The third-order valence-corrected chi connectivity index (χ3v) is 8.25. The number of esters is 1. The number of aromatic nitrogens is 1. The number of nitrogens with zero attached hydrogens (tertiary/aromatic N) is 2. The lowest BCUT2D eigenvalue weighted by Gasteiger charge is -2.26. The van der Waals surface area contributed by atoms with E-state index in [0.29, 0.717) is 47.7 Å². The molecule has 42 heavy (non-hydrogen) atoms. The van der Waals surface area contributed by atoms with E-state index in [0.717, 1.165) is 0 Å². The molecule has 5 rings (SSSR count). The van der Waals surface area contributed by atoms with Gasteiger partial charge in [-0.2, -0.15) is 0 Å². The van der Waals surface area contributed by atoms with E-state index in [1.165, 1.54) is 37.2 Å². The molecule has 0 fully saturated rings. The lowest BCUT2D eigenvalue weighted by molar-refractivity contribution is -0.138. The summed E-state index contributed by atoms with van der Waals surface area (Å²) in [5.74, 6) is 0.574. The first-order chi connectivity index (χ1) is 20.3. The van der Waals surface area contributed by atoms with Crippen molar-refractivity contribution in [2.45, 2.75) is 13.0 Å². The number of carbonyl (C=O) groups excluding carboxylic acids is 1. The van der Waals surface area contributed by atoms with Gasteiger partial charge in [-0.1, -0.05) is 47.7 Å². The van der Waals surface area contributed by atoms with Crippen LogP contribution in [0.2, 0.25) is 0 Å². The number of carbonyl (C=O) groups is 1. The largest absolute Gasteiger partial charge is 0.503 e. The van der Waals surface area contributed by atoms with Gasteiger partial charge in [0.25, 0.3) is 5.56 Å². The summed E-state index contributed by atoms with van der Waals surface area (Å²) in [6, 6.07) is 17.0. The molecule has 0 amide bonds. The van der Waals surface area contributed by atoms with E-state index in [1.54, 1.807) is 43.3 Å². The second kappa shape index (κ2) is 12.3. The molecule has 0 bridgehead atoms. The van der Waals surface area contributed by atoms with Crippen LogP contribution in [0.4, 0.5) is 0 Å². The molecule has 0 radical (unpaired) electrons. The standard InChI is InChI=1S/C31H27BrN2O7S/c1-5-41-30(37)25-26(18-9-7-6-8-10-18)33-31-34(27(25)19-11-12-21(38-2)22(16-19)39-3)29(36)24(42-31)15-17-13-20(32)28(35)23(14-17)40-4/h6-16,27,35H,5H2,1-4H3/b24-15-/t27-/m1/s1. The minimum absolute atomic E-state index is 0.0452. The second-order valence-electron chi connectivity index (χ2n) is 9.10. The first-order valence-electron chi connectivity index (χ1n) is 12.9. The fourth-order valence-electron chi connectivity index (χ4n) is 4.76. The van der Waals surface area contributed by atoms with Gasteiger partial charge in [-0.05, 0) is 64.3 Å². The van der Waals surface area contributed by atoms with Crippen molar-refractivity contribution in [3.8, 4) is 23.0 Å². The Labute approximate surface area is 253 Å². The number of benzene rings is 3. The molecule has 2 heterocycles. The van der Waals surface area contributed by atoms with Gasteiger partial charge in [-0.3, -0.25) is 9.36 Å². The van der Waals surface area contributed by atoms with Crippen molar-refractivity contribution < 1.29 is 28.8 Å². The van der Waals surface area contributed by atoms with Crippen LogP contribution in [0.3, 0.4) is 0 Å². The molecule has 0 unspecified atom stereocenters. The van der Waals surface area contributed by atoms with Crippen molar-refractivity contribution in [1.29, 1.82) is 0 Å². The highest BCUT2D eigenvalue weighted by molar-refractivity contribution is 9.10. The molecule has 9 nitrogen and oxygen atoms in total. The molecule has 0 aliphatic carbocycles. The fourth-order valence-corrected chi connectivity index (χ4v) is 6.22. The first-order valence-corrected chi connectivity index (χ1v) is 14.5. The van der Waals surface area contributed by atoms with Gasteiger partial charge >= 0.3 is 5.97 Å². The van der Waals surface area contributed by atoms with Gasteiger partial charge in [0, 0.05) is 5.56 Å². The van der Waals surface area contributed by atoms with Gasteiger partial charge in [0.15, 0.2) is 27.8 Å². The minimum Gasteiger partial charge on any atom is -0.503 e. The maximum atomic E-state index is 14.1. The Morgan fingerprint density at radius 1 is 1.02 bits per heavy atom. The Balaban J connectivity index is 1.84. The topological polar surface area (TPSA) is 109 Å². The highest BCUT2D eigenvalue weighted by Gasteiger charge is 2.35. The van der Waals surface area contributed by atoms with E-state index in [4.69, 9.17) is 23.9 Å². The number of hydrogen-bond acceptors (Lipinski definition) is 9. The Hall–Kier alpha value is -4.35. The Bertz CT molecular complexity index is 1880. The zero-order chi connectivity index (χ0) is 30.0. The van der Waals surface area contributed by atoms with E-state index >= 15 is 0 Å². The summed E-state index contributed by atoms with van der Waals surface area (Å²) in [6.45, 7) is 1.87. The number of ether oxygens (including phenoxy) is 4. The zero-order valence-electron chi connectivity index (χ0n) is 23.2. The van der Waals surface area contributed by atoms with Crippen LogP contribution >= 0.6 is 27.3 Å². The molecule has 11 heteroatoms. The van der Waals surface area contributed by atoms with Crippen molar-refractivity contribution in [3.05, 3.63) is 107 Å². The summed E-state index contributed by atoms with van der Waals surface area (Å²) in [4.78, 5) is 33.0. The third kappa shape index (κ3) is 5.33.